The van der Waals surface area contributed by atoms with Crippen LogP contribution in [0.25, 0.3) is 0 Å². The molecule has 2 heterocycles. The molecule has 1 aromatic heterocycles. The van der Waals surface area contributed by atoms with Crippen LogP contribution in [0.4, 0.5) is 5.69 Å². The van der Waals surface area contributed by atoms with Gasteiger partial charge in [-0.3, -0.25) is 4.98 Å². The molecule has 3 nitrogen and oxygen atoms in total. The van der Waals surface area contributed by atoms with E-state index >= 15 is 0 Å². The fraction of sp³-hybridized carbons (Fsp3) is 0.154. The van der Waals surface area contributed by atoms with E-state index < -0.39 is 6.10 Å². The van der Waals surface area contributed by atoms with Crippen LogP contribution < -0.4 is 5.32 Å². The lowest BCUT2D eigenvalue weighted by Gasteiger charge is -2.12. The predicted octanol–water partition coefficient (Wildman–Crippen LogP) is 2.74. The Morgan fingerprint density at radius 2 is 2.24 bits per heavy atom. The van der Waals surface area contributed by atoms with Crippen LogP contribution >= 0.6 is 11.6 Å². The highest BCUT2D eigenvalue weighted by atomic mass is 35.5. The fourth-order valence-corrected chi connectivity index (χ4v) is 2.28. The molecule has 4 heteroatoms. The van der Waals surface area contributed by atoms with Gasteiger partial charge in [-0.2, -0.15) is 0 Å². The number of rotatable bonds is 0. The van der Waals surface area contributed by atoms with Gasteiger partial charge in [0.05, 0.1) is 5.69 Å². The maximum atomic E-state index is 10.3. The quantitative estimate of drug-likeness (QED) is 0.751. The lowest BCUT2D eigenvalue weighted by atomic mass is 10.0. The van der Waals surface area contributed by atoms with Crippen LogP contribution in [0.5, 0.6) is 0 Å². The summed E-state index contributed by atoms with van der Waals surface area (Å²) in [6, 6.07) is 9.27. The van der Waals surface area contributed by atoms with E-state index in [9.17, 15) is 5.11 Å². The Morgan fingerprint density at radius 3 is 3.12 bits per heavy atom. The molecule has 0 amide bonds. The summed E-state index contributed by atoms with van der Waals surface area (Å²) >= 11 is 5.95. The van der Waals surface area contributed by atoms with Gasteiger partial charge in [0.25, 0.3) is 0 Å². The van der Waals surface area contributed by atoms with Crippen molar-refractivity contribution in [2.75, 3.05) is 5.32 Å². The van der Waals surface area contributed by atoms with Crippen molar-refractivity contribution in [3.63, 3.8) is 0 Å². The van der Waals surface area contributed by atoms with Gasteiger partial charge in [-0.15, -0.1) is 0 Å². The standard InChI is InChI=1S/C13H11ClN2O/c14-9-3-4-10-11(6-9)16-7-8-2-1-5-15-12(8)13(10)17/h1-6,13,16-17H,7H2. The first-order valence-corrected chi connectivity index (χ1v) is 5.78. The monoisotopic (exact) mass is 246 g/mol. The molecule has 0 fully saturated rings. The van der Waals surface area contributed by atoms with E-state index in [0.29, 0.717) is 17.3 Å². The second kappa shape index (κ2) is 4.02. The number of aliphatic hydroxyl groups is 1. The summed E-state index contributed by atoms with van der Waals surface area (Å²) in [7, 11) is 0. The van der Waals surface area contributed by atoms with Crippen molar-refractivity contribution in [1.29, 1.82) is 0 Å². The number of hydrogen-bond acceptors (Lipinski definition) is 3. The first kappa shape index (κ1) is 10.6. The summed E-state index contributed by atoms with van der Waals surface area (Å²) in [5.74, 6) is 0. The Labute approximate surface area is 104 Å². The average molecular weight is 247 g/mol. The normalized spacial score (nSPS) is 17.6. The number of hydrogen-bond donors (Lipinski definition) is 2. The van der Waals surface area contributed by atoms with Crippen molar-refractivity contribution >= 4 is 17.3 Å². The summed E-state index contributed by atoms with van der Waals surface area (Å²) in [4.78, 5) is 4.26. The highest BCUT2D eigenvalue weighted by molar-refractivity contribution is 6.30. The largest absolute Gasteiger partial charge is 0.382 e. The van der Waals surface area contributed by atoms with E-state index in [0.717, 1.165) is 16.8 Å². The predicted molar refractivity (Wildman–Crippen MR) is 67.1 cm³/mol. The molecule has 0 saturated carbocycles. The number of pyridine rings is 1. The number of nitrogens with zero attached hydrogens (tertiary/aromatic N) is 1. The van der Waals surface area contributed by atoms with Gasteiger partial charge in [-0.1, -0.05) is 23.7 Å². The van der Waals surface area contributed by atoms with Gasteiger partial charge in [-0.05, 0) is 23.8 Å². The van der Waals surface area contributed by atoms with Gasteiger partial charge in [0.15, 0.2) is 0 Å². The molecule has 2 aromatic rings. The summed E-state index contributed by atoms with van der Waals surface area (Å²) < 4.78 is 0. The van der Waals surface area contributed by atoms with Gasteiger partial charge >= 0.3 is 0 Å². The summed E-state index contributed by atoms with van der Waals surface area (Å²) in [6.45, 7) is 0.646. The zero-order chi connectivity index (χ0) is 11.8. The minimum Gasteiger partial charge on any atom is -0.382 e. The van der Waals surface area contributed by atoms with Crippen LogP contribution in [-0.2, 0) is 6.54 Å². The van der Waals surface area contributed by atoms with Crippen LogP contribution in [-0.4, -0.2) is 10.1 Å². The van der Waals surface area contributed by atoms with Crippen LogP contribution in [0.1, 0.15) is 22.9 Å². The van der Waals surface area contributed by atoms with E-state index in [-0.39, 0.29) is 0 Å². The molecule has 0 radical (unpaired) electrons. The zero-order valence-corrected chi connectivity index (χ0v) is 9.78. The number of nitrogens with one attached hydrogen (secondary N) is 1. The van der Waals surface area contributed by atoms with Gasteiger partial charge < -0.3 is 10.4 Å². The van der Waals surface area contributed by atoms with Gasteiger partial charge in [0, 0.05) is 29.0 Å². The summed E-state index contributed by atoms with van der Waals surface area (Å²) in [5.41, 5.74) is 3.39. The van der Waals surface area contributed by atoms with E-state index in [2.05, 4.69) is 10.3 Å². The fourth-order valence-electron chi connectivity index (χ4n) is 2.10. The number of halogens is 1. The topological polar surface area (TPSA) is 45.1 Å². The third kappa shape index (κ3) is 1.77. The number of fused-ring (bicyclic) bond motifs is 2. The molecule has 17 heavy (non-hydrogen) atoms. The van der Waals surface area contributed by atoms with E-state index in [1.807, 2.05) is 24.3 Å². The minimum absolute atomic E-state index is 0.646. The molecule has 0 spiro atoms. The molecule has 0 bridgehead atoms. The van der Waals surface area contributed by atoms with Crippen molar-refractivity contribution in [1.82, 2.24) is 4.98 Å². The first-order chi connectivity index (χ1) is 8.25. The molecule has 2 N–H and O–H groups in total. The third-order valence-corrected chi connectivity index (χ3v) is 3.20. The molecule has 1 aliphatic rings. The second-order valence-corrected chi connectivity index (χ2v) is 4.47. The Morgan fingerprint density at radius 1 is 1.35 bits per heavy atom. The SMILES string of the molecule is OC1c2ccc(Cl)cc2NCc2cccnc21. The minimum atomic E-state index is -0.700. The molecule has 1 aliphatic heterocycles. The van der Waals surface area contributed by atoms with Crippen molar-refractivity contribution in [2.45, 2.75) is 12.6 Å². The molecule has 0 saturated heterocycles. The Bertz CT molecular complexity index is 571. The van der Waals surface area contributed by atoms with E-state index in [4.69, 9.17) is 11.6 Å². The Hall–Kier alpha value is -1.58. The highest BCUT2D eigenvalue weighted by Crippen LogP contribution is 2.34. The van der Waals surface area contributed by atoms with Crippen LogP contribution in [0, 0.1) is 0 Å². The van der Waals surface area contributed by atoms with Gasteiger partial charge in [-0.25, -0.2) is 0 Å². The highest BCUT2D eigenvalue weighted by Gasteiger charge is 2.22. The number of aromatic nitrogens is 1. The van der Waals surface area contributed by atoms with Crippen LogP contribution in [0.3, 0.4) is 0 Å². The first-order valence-electron chi connectivity index (χ1n) is 5.41. The lowest BCUT2D eigenvalue weighted by molar-refractivity contribution is 0.216. The second-order valence-electron chi connectivity index (χ2n) is 4.04. The van der Waals surface area contributed by atoms with Crippen molar-refractivity contribution < 1.29 is 5.11 Å². The van der Waals surface area contributed by atoms with Crippen LogP contribution in [0.15, 0.2) is 36.5 Å². The summed E-state index contributed by atoms with van der Waals surface area (Å²) in [6.07, 6.45) is 0.997. The lowest BCUT2D eigenvalue weighted by Crippen LogP contribution is -2.03. The van der Waals surface area contributed by atoms with Gasteiger partial charge in [0.1, 0.15) is 6.10 Å². The molecular weight excluding hydrogens is 236 g/mol. The molecule has 1 unspecified atom stereocenters. The van der Waals surface area contributed by atoms with Crippen molar-refractivity contribution in [3.05, 3.63) is 58.4 Å². The molecular formula is C13H11ClN2O. The number of benzene rings is 1. The molecule has 1 atom stereocenters. The Balaban J connectivity index is 2.16. The van der Waals surface area contributed by atoms with Crippen molar-refractivity contribution in [2.24, 2.45) is 0 Å². The Kier molecular flexibility index (Phi) is 2.50. The molecule has 0 aliphatic carbocycles. The van der Waals surface area contributed by atoms with Crippen molar-refractivity contribution in [3.8, 4) is 0 Å². The maximum absolute atomic E-state index is 10.3. The molecule has 1 aromatic carbocycles. The number of aliphatic hydroxyl groups excluding tert-OH is 1. The molecule has 3 rings (SSSR count). The van der Waals surface area contributed by atoms with Crippen LogP contribution in [0.2, 0.25) is 5.02 Å². The average Bonchev–Trinajstić information content (AvgIpc) is 2.48. The summed E-state index contributed by atoms with van der Waals surface area (Å²) in [5, 5.41) is 14.3. The van der Waals surface area contributed by atoms with E-state index in [1.165, 1.54) is 0 Å². The maximum Gasteiger partial charge on any atom is 0.123 e. The smallest absolute Gasteiger partial charge is 0.123 e. The number of anilines is 1. The molecule has 86 valence electrons. The zero-order valence-electron chi connectivity index (χ0n) is 9.02. The van der Waals surface area contributed by atoms with E-state index in [1.54, 1.807) is 12.3 Å². The van der Waals surface area contributed by atoms with Gasteiger partial charge in [0.2, 0.25) is 0 Å². The third-order valence-electron chi connectivity index (χ3n) is 2.96.